The molecular weight excluding hydrogens is 359 g/mol. The lowest BCUT2D eigenvalue weighted by molar-refractivity contribution is -0.00000441. The summed E-state index contributed by atoms with van der Waals surface area (Å²) >= 11 is 0. The van der Waals surface area contributed by atoms with Gasteiger partial charge in [0.05, 0.1) is 18.6 Å². The first-order valence-electron chi connectivity index (χ1n) is 6.38. The minimum atomic E-state index is 0. The Bertz CT molecular complexity index is 621. The maximum absolute atomic E-state index is 5.83. The van der Waals surface area contributed by atoms with Crippen LogP contribution in [0.1, 0.15) is 5.76 Å². The molecule has 3 rings (SSSR count). The monoisotopic (exact) mass is 374 g/mol. The van der Waals surface area contributed by atoms with E-state index in [-0.39, 0.29) is 24.0 Å². The highest BCUT2D eigenvalue weighted by atomic mass is 127. The second-order valence-electron chi connectivity index (χ2n) is 4.55. The largest absolute Gasteiger partial charge is 1.00 e. The van der Waals surface area contributed by atoms with Gasteiger partial charge in [-0.3, -0.25) is 0 Å². The first-order chi connectivity index (χ1) is 9.33. The molecule has 100 valence electrons. The molecule has 2 heteroatoms. The first kappa shape index (κ1) is 14.7. The van der Waals surface area contributed by atoms with E-state index < -0.39 is 0 Å². The predicted octanol–water partition coefficient (Wildman–Crippen LogP) is 2.21. The second-order valence-corrected chi connectivity index (χ2v) is 4.55. The number of rotatable bonds is 2. The molecule has 1 heterocycles. The van der Waals surface area contributed by atoms with Gasteiger partial charge in [-0.25, -0.2) is 4.42 Å². The summed E-state index contributed by atoms with van der Waals surface area (Å²) in [4.78, 5) is 0. The third kappa shape index (κ3) is 3.25. The Morgan fingerprint density at radius 3 is 1.80 bits per heavy atom. The van der Waals surface area contributed by atoms with Crippen LogP contribution in [-0.4, -0.2) is 0 Å². The van der Waals surface area contributed by atoms with Crippen molar-refractivity contribution in [3.8, 4) is 22.5 Å². The summed E-state index contributed by atoms with van der Waals surface area (Å²) in [7, 11) is 0. The highest BCUT2D eigenvalue weighted by Crippen LogP contribution is 2.27. The zero-order chi connectivity index (χ0) is 13.1. The summed E-state index contributed by atoms with van der Waals surface area (Å²) in [6, 6.07) is 24.7. The Morgan fingerprint density at radius 2 is 1.20 bits per heavy atom. The Morgan fingerprint density at radius 1 is 0.650 bits per heavy atom. The average Bonchev–Trinajstić information content (AvgIpc) is 2.48. The number of hydrogen-bond acceptors (Lipinski definition) is 0. The molecule has 2 aromatic carbocycles. The summed E-state index contributed by atoms with van der Waals surface area (Å²) in [5.41, 5.74) is 3.49. The molecule has 0 unspecified atom stereocenters. The van der Waals surface area contributed by atoms with Crippen molar-refractivity contribution in [2.45, 2.75) is 6.92 Å². The minimum absolute atomic E-state index is 0. The Hall–Kier alpha value is -1.68. The first-order valence-corrected chi connectivity index (χ1v) is 6.38. The highest BCUT2D eigenvalue weighted by Gasteiger charge is 2.15. The smallest absolute Gasteiger partial charge is 0.360 e. The van der Waals surface area contributed by atoms with Crippen molar-refractivity contribution in [2.24, 2.45) is 0 Å². The number of benzene rings is 2. The molecule has 0 spiro atoms. The van der Waals surface area contributed by atoms with Crippen LogP contribution in [0.4, 0.5) is 0 Å². The van der Waals surface area contributed by atoms with Crippen LogP contribution in [0, 0.1) is 6.92 Å². The molecule has 0 N–H and O–H groups in total. The van der Waals surface area contributed by atoms with Gasteiger partial charge in [0.15, 0.2) is 0 Å². The SMILES string of the molecule is Cc1cc(-c2ccccc2)cc(-c2ccccc2)[o+]1.[I-]. The molecule has 1 nitrogen and oxygen atoms in total. The van der Waals surface area contributed by atoms with E-state index >= 15 is 0 Å². The fourth-order valence-electron chi connectivity index (χ4n) is 2.18. The normalized spacial score (nSPS) is 9.85. The minimum Gasteiger partial charge on any atom is -1.00 e. The van der Waals surface area contributed by atoms with Crippen LogP contribution in [0.5, 0.6) is 0 Å². The fraction of sp³-hybridized carbons (Fsp3) is 0.0556. The van der Waals surface area contributed by atoms with E-state index in [0.717, 1.165) is 17.1 Å². The molecule has 0 fully saturated rings. The molecule has 0 aliphatic rings. The quantitative estimate of drug-likeness (QED) is 0.495. The number of hydrogen-bond donors (Lipinski definition) is 0. The zero-order valence-corrected chi connectivity index (χ0v) is 13.4. The van der Waals surface area contributed by atoms with Crippen LogP contribution in [0.25, 0.3) is 22.5 Å². The third-order valence-electron chi connectivity index (χ3n) is 3.08. The third-order valence-corrected chi connectivity index (χ3v) is 3.08. The maximum atomic E-state index is 5.83. The molecule has 0 radical (unpaired) electrons. The molecule has 0 atom stereocenters. The summed E-state index contributed by atoms with van der Waals surface area (Å²) in [5.74, 6) is 1.82. The topological polar surface area (TPSA) is 11.3 Å². The molecule has 1 aromatic heterocycles. The van der Waals surface area contributed by atoms with E-state index in [1.54, 1.807) is 0 Å². The van der Waals surface area contributed by atoms with Crippen LogP contribution >= 0.6 is 0 Å². The summed E-state index contributed by atoms with van der Waals surface area (Å²) < 4.78 is 5.83. The van der Waals surface area contributed by atoms with Crippen LogP contribution in [0.15, 0.2) is 77.2 Å². The predicted molar refractivity (Wildman–Crippen MR) is 78.7 cm³/mol. The van der Waals surface area contributed by atoms with Crippen LogP contribution in [0.3, 0.4) is 0 Å². The van der Waals surface area contributed by atoms with E-state index in [2.05, 4.69) is 48.5 Å². The molecule has 0 saturated carbocycles. The second kappa shape index (κ2) is 6.66. The molecule has 20 heavy (non-hydrogen) atoms. The lowest BCUT2D eigenvalue weighted by atomic mass is 10.0. The number of halogens is 1. The zero-order valence-electron chi connectivity index (χ0n) is 11.2. The maximum Gasteiger partial charge on any atom is 0.360 e. The van der Waals surface area contributed by atoms with Gasteiger partial charge in [-0.1, -0.05) is 48.5 Å². The van der Waals surface area contributed by atoms with Gasteiger partial charge in [-0.2, -0.15) is 0 Å². The highest BCUT2D eigenvalue weighted by molar-refractivity contribution is 5.69. The van der Waals surface area contributed by atoms with Gasteiger partial charge in [0, 0.05) is 11.6 Å². The molecule has 0 bridgehead atoms. The molecular formula is C18H15IO. The van der Waals surface area contributed by atoms with Gasteiger partial charge in [-0.05, 0) is 17.7 Å². The average molecular weight is 374 g/mol. The van der Waals surface area contributed by atoms with Crippen molar-refractivity contribution < 1.29 is 28.4 Å². The lowest BCUT2D eigenvalue weighted by Gasteiger charge is -2.00. The Kier molecular flexibility index (Phi) is 4.90. The summed E-state index contributed by atoms with van der Waals surface area (Å²) in [5, 5.41) is 0. The van der Waals surface area contributed by atoms with E-state index in [1.165, 1.54) is 11.1 Å². The van der Waals surface area contributed by atoms with Gasteiger partial charge >= 0.3 is 11.5 Å². The molecule has 0 amide bonds. The Labute approximate surface area is 136 Å². The van der Waals surface area contributed by atoms with E-state index in [4.69, 9.17) is 4.42 Å². The van der Waals surface area contributed by atoms with E-state index in [1.807, 2.05) is 31.2 Å². The molecule has 0 saturated heterocycles. The van der Waals surface area contributed by atoms with Crippen molar-refractivity contribution in [1.29, 1.82) is 0 Å². The summed E-state index contributed by atoms with van der Waals surface area (Å²) in [6.07, 6.45) is 0. The van der Waals surface area contributed by atoms with Gasteiger partial charge in [0.25, 0.3) is 0 Å². The Balaban J connectivity index is 0.00000147. The van der Waals surface area contributed by atoms with Gasteiger partial charge < -0.3 is 24.0 Å². The number of aryl methyl sites for hydroxylation is 1. The summed E-state index contributed by atoms with van der Waals surface area (Å²) in [6.45, 7) is 1.98. The van der Waals surface area contributed by atoms with Crippen LogP contribution in [0.2, 0.25) is 0 Å². The van der Waals surface area contributed by atoms with Gasteiger partial charge in [0.1, 0.15) is 0 Å². The van der Waals surface area contributed by atoms with Crippen molar-refractivity contribution in [2.75, 3.05) is 0 Å². The molecule has 0 aliphatic heterocycles. The van der Waals surface area contributed by atoms with Crippen molar-refractivity contribution in [3.63, 3.8) is 0 Å². The van der Waals surface area contributed by atoms with Gasteiger partial charge in [-0.15, -0.1) is 0 Å². The standard InChI is InChI=1S/C18H15O.HI/c1-14-12-17(15-8-4-2-5-9-15)13-18(19-14)16-10-6-3-7-11-16;/h2-13H,1H3;1H/q+1;/p-1. The lowest BCUT2D eigenvalue weighted by Crippen LogP contribution is -3.00. The molecule has 3 aromatic rings. The van der Waals surface area contributed by atoms with Gasteiger partial charge in [0.2, 0.25) is 0 Å². The van der Waals surface area contributed by atoms with E-state index in [9.17, 15) is 0 Å². The van der Waals surface area contributed by atoms with Crippen LogP contribution < -0.4 is 24.0 Å². The van der Waals surface area contributed by atoms with E-state index in [0.29, 0.717) is 0 Å². The molecule has 0 aliphatic carbocycles. The van der Waals surface area contributed by atoms with Crippen molar-refractivity contribution in [3.05, 3.63) is 78.6 Å². The van der Waals surface area contributed by atoms with Crippen LogP contribution in [-0.2, 0) is 0 Å². The fourth-order valence-corrected chi connectivity index (χ4v) is 2.18. The van der Waals surface area contributed by atoms with Crippen molar-refractivity contribution >= 4 is 0 Å². The van der Waals surface area contributed by atoms with Crippen molar-refractivity contribution in [1.82, 2.24) is 0 Å².